The van der Waals surface area contributed by atoms with Crippen LogP contribution >= 0.6 is 0 Å². The molecule has 2 rings (SSSR count). The minimum atomic E-state index is -0.771. The highest BCUT2D eigenvalue weighted by Gasteiger charge is 2.19. The first-order valence-electron chi connectivity index (χ1n) is 9.70. The van der Waals surface area contributed by atoms with Crippen LogP contribution < -0.4 is 0 Å². The molecule has 0 aromatic carbocycles. The maximum Gasteiger partial charge on any atom is 0.349 e. The van der Waals surface area contributed by atoms with E-state index in [1.54, 1.807) is 12.0 Å². The summed E-state index contributed by atoms with van der Waals surface area (Å²) in [6.07, 6.45) is 5.70. The van der Waals surface area contributed by atoms with Crippen LogP contribution in [0.4, 0.5) is 0 Å². The highest BCUT2D eigenvalue weighted by molar-refractivity contribution is 5.99. The zero-order valence-corrected chi connectivity index (χ0v) is 17.0. The first-order chi connectivity index (χ1) is 13.5. The van der Waals surface area contributed by atoms with Gasteiger partial charge in [-0.3, -0.25) is 4.79 Å². The van der Waals surface area contributed by atoms with Gasteiger partial charge in [0.05, 0.1) is 6.61 Å². The van der Waals surface area contributed by atoms with Crippen molar-refractivity contribution in [2.45, 2.75) is 46.1 Å². The van der Waals surface area contributed by atoms with E-state index in [1.165, 1.54) is 6.08 Å². The lowest BCUT2D eigenvalue weighted by atomic mass is 10.1. The van der Waals surface area contributed by atoms with Crippen molar-refractivity contribution in [3.05, 3.63) is 28.6 Å². The summed E-state index contributed by atoms with van der Waals surface area (Å²) in [5.74, 6) is -0.974. The van der Waals surface area contributed by atoms with Crippen LogP contribution in [0.15, 0.2) is 11.6 Å². The monoisotopic (exact) mass is 387 g/mol. The van der Waals surface area contributed by atoms with Gasteiger partial charge in [0.1, 0.15) is 11.6 Å². The zero-order valence-electron chi connectivity index (χ0n) is 17.0. The maximum absolute atomic E-state index is 12.3. The molecule has 1 saturated heterocycles. The van der Waals surface area contributed by atoms with Gasteiger partial charge in [-0.2, -0.15) is 5.26 Å². The van der Waals surface area contributed by atoms with Crippen LogP contribution in [0.3, 0.4) is 0 Å². The Morgan fingerprint density at radius 2 is 1.89 bits per heavy atom. The Morgan fingerprint density at radius 3 is 2.50 bits per heavy atom. The van der Waals surface area contributed by atoms with E-state index in [0.717, 1.165) is 42.6 Å². The Balaban J connectivity index is 2.03. The van der Waals surface area contributed by atoms with E-state index in [-0.39, 0.29) is 18.1 Å². The van der Waals surface area contributed by atoms with Crippen LogP contribution in [-0.4, -0.2) is 54.8 Å². The molecule has 0 saturated carbocycles. The average Bonchev–Trinajstić information content (AvgIpc) is 2.88. The van der Waals surface area contributed by atoms with Gasteiger partial charge in [0.15, 0.2) is 6.61 Å². The molecule has 0 spiro atoms. The van der Waals surface area contributed by atoms with E-state index in [1.807, 2.05) is 26.0 Å². The number of carbonyl (C=O) groups is 2. The van der Waals surface area contributed by atoms with Crippen LogP contribution in [-0.2, 0) is 25.6 Å². The average molecular weight is 387 g/mol. The summed E-state index contributed by atoms with van der Waals surface area (Å²) in [5.41, 5.74) is 2.62. The number of aryl methyl sites for hydroxylation is 1. The zero-order chi connectivity index (χ0) is 20.5. The Kier molecular flexibility index (Phi) is 8.27. The molecule has 0 atom stereocenters. The fourth-order valence-corrected chi connectivity index (χ4v) is 3.41. The molecular formula is C21H29N3O4. The second-order valence-corrected chi connectivity index (χ2v) is 7.01. The topological polar surface area (TPSA) is 84.6 Å². The van der Waals surface area contributed by atoms with Crippen LogP contribution in [0, 0.1) is 25.2 Å². The number of nitriles is 1. The Bertz CT molecular complexity index is 765. The predicted molar refractivity (Wildman–Crippen MR) is 105 cm³/mol. The third-order valence-electron chi connectivity index (χ3n) is 5.06. The third-order valence-corrected chi connectivity index (χ3v) is 5.06. The minimum Gasteiger partial charge on any atom is -0.451 e. The van der Waals surface area contributed by atoms with Gasteiger partial charge in [-0.1, -0.05) is 12.8 Å². The van der Waals surface area contributed by atoms with Crippen molar-refractivity contribution in [2.75, 3.05) is 33.4 Å². The number of hydrogen-bond donors (Lipinski definition) is 0. The molecule has 0 bridgehead atoms. The number of carbonyl (C=O) groups excluding carboxylic acids is 2. The van der Waals surface area contributed by atoms with Crippen molar-refractivity contribution >= 4 is 18.0 Å². The van der Waals surface area contributed by atoms with Crippen LogP contribution in [0.1, 0.15) is 42.6 Å². The van der Waals surface area contributed by atoms with Crippen molar-refractivity contribution in [3.63, 3.8) is 0 Å². The summed E-state index contributed by atoms with van der Waals surface area (Å²) in [6.45, 7) is 6.23. The Morgan fingerprint density at radius 1 is 1.21 bits per heavy atom. The summed E-state index contributed by atoms with van der Waals surface area (Å²) in [5, 5.41) is 9.38. The number of likely N-dealkylation sites (tertiary alicyclic amines) is 1. The van der Waals surface area contributed by atoms with E-state index >= 15 is 0 Å². The lowest BCUT2D eigenvalue weighted by Crippen LogP contribution is -2.35. The third kappa shape index (κ3) is 5.70. The molecule has 1 amide bonds. The van der Waals surface area contributed by atoms with Crippen molar-refractivity contribution < 1.29 is 19.1 Å². The molecule has 7 heteroatoms. The first-order valence-corrected chi connectivity index (χ1v) is 9.70. The quantitative estimate of drug-likeness (QED) is 0.408. The van der Waals surface area contributed by atoms with Gasteiger partial charge in [0.25, 0.3) is 5.91 Å². The molecule has 1 fully saturated rings. The second-order valence-electron chi connectivity index (χ2n) is 7.01. The van der Waals surface area contributed by atoms with E-state index < -0.39 is 5.97 Å². The van der Waals surface area contributed by atoms with Crippen molar-refractivity contribution in [1.82, 2.24) is 9.47 Å². The summed E-state index contributed by atoms with van der Waals surface area (Å²) in [7, 11) is 1.64. The smallest absolute Gasteiger partial charge is 0.349 e. The number of amides is 1. The van der Waals surface area contributed by atoms with Gasteiger partial charge in [-0.15, -0.1) is 0 Å². The van der Waals surface area contributed by atoms with Gasteiger partial charge in [-0.25, -0.2) is 4.79 Å². The lowest BCUT2D eigenvalue weighted by molar-refractivity contribution is -0.148. The molecule has 1 aliphatic rings. The predicted octanol–water partition coefficient (Wildman–Crippen LogP) is 2.60. The highest BCUT2D eigenvalue weighted by atomic mass is 16.5. The molecule has 28 heavy (non-hydrogen) atoms. The number of ether oxygens (including phenoxy) is 2. The summed E-state index contributed by atoms with van der Waals surface area (Å²) < 4.78 is 12.3. The molecule has 0 unspecified atom stereocenters. The molecule has 1 aromatic rings. The molecule has 7 nitrogen and oxygen atoms in total. The number of nitrogens with zero attached hydrogens (tertiary/aromatic N) is 3. The van der Waals surface area contributed by atoms with Crippen LogP contribution in [0.25, 0.3) is 6.08 Å². The van der Waals surface area contributed by atoms with Gasteiger partial charge in [0.2, 0.25) is 0 Å². The van der Waals surface area contributed by atoms with Gasteiger partial charge >= 0.3 is 5.97 Å². The summed E-state index contributed by atoms with van der Waals surface area (Å²) >= 11 is 0. The van der Waals surface area contributed by atoms with Crippen molar-refractivity contribution in [2.24, 2.45) is 0 Å². The summed E-state index contributed by atoms with van der Waals surface area (Å²) in [6, 6.07) is 3.81. The van der Waals surface area contributed by atoms with Crippen LogP contribution in [0.2, 0.25) is 0 Å². The first kappa shape index (κ1) is 21.7. The SMILES string of the molecule is COCCn1c(C)cc(/C=C(\C#N)C(=O)OCC(=O)N2CCCCCC2)c1C. The summed E-state index contributed by atoms with van der Waals surface area (Å²) in [4.78, 5) is 26.3. The van der Waals surface area contributed by atoms with Gasteiger partial charge in [-0.05, 0) is 44.4 Å². The highest BCUT2D eigenvalue weighted by Crippen LogP contribution is 2.19. The molecule has 0 N–H and O–H groups in total. The second kappa shape index (κ2) is 10.7. The van der Waals surface area contributed by atoms with Gasteiger partial charge < -0.3 is 18.9 Å². The maximum atomic E-state index is 12.3. The fraction of sp³-hybridized carbons (Fsp3) is 0.571. The standard InChI is InChI=1S/C21H29N3O4/c1-16-12-18(17(2)24(16)10-11-27-3)13-19(14-22)21(26)28-15-20(25)23-8-6-4-5-7-9-23/h12-13H,4-11,15H2,1-3H3/b19-13+. The molecular weight excluding hydrogens is 358 g/mol. The van der Waals surface area contributed by atoms with E-state index in [2.05, 4.69) is 4.57 Å². The normalized spacial score (nSPS) is 15.1. The fourth-order valence-electron chi connectivity index (χ4n) is 3.41. The molecule has 152 valence electrons. The van der Waals surface area contributed by atoms with Crippen molar-refractivity contribution in [1.29, 1.82) is 5.26 Å². The largest absolute Gasteiger partial charge is 0.451 e. The molecule has 0 radical (unpaired) electrons. The minimum absolute atomic E-state index is 0.115. The number of esters is 1. The number of aromatic nitrogens is 1. The van der Waals surface area contributed by atoms with Crippen LogP contribution in [0.5, 0.6) is 0 Å². The Labute approximate surface area is 166 Å². The number of rotatable bonds is 7. The molecule has 1 aliphatic heterocycles. The number of methoxy groups -OCH3 is 1. The van der Waals surface area contributed by atoms with Crippen molar-refractivity contribution in [3.8, 4) is 6.07 Å². The molecule has 2 heterocycles. The van der Waals surface area contributed by atoms with Gasteiger partial charge in [0, 0.05) is 38.1 Å². The molecule has 1 aromatic heterocycles. The lowest BCUT2D eigenvalue weighted by Gasteiger charge is -2.19. The Hall–Kier alpha value is -2.59. The van der Waals surface area contributed by atoms with E-state index in [9.17, 15) is 14.9 Å². The van der Waals surface area contributed by atoms with E-state index in [0.29, 0.717) is 26.2 Å². The number of hydrogen-bond acceptors (Lipinski definition) is 5. The molecule has 0 aliphatic carbocycles. The van der Waals surface area contributed by atoms with E-state index in [4.69, 9.17) is 9.47 Å².